The molecule has 120 valence electrons. The van der Waals surface area contributed by atoms with Gasteiger partial charge in [-0.25, -0.2) is 4.79 Å². The van der Waals surface area contributed by atoms with Crippen LogP contribution in [0, 0.1) is 5.92 Å². The average Bonchev–Trinajstić information content (AvgIpc) is 2.80. The van der Waals surface area contributed by atoms with Crippen molar-refractivity contribution in [3.63, 3.8) is 0 Å². The Balaban J connectivity index is 1.86. The van der Waals surface area contributed by atoms with Crippen LogP contribution in [0.25, 0.3) is 0 Å². The third-order valence-corrected chi connectivity index (χ3v) is 4.28. The number of rotatable bonds is 1. The quantitative estimate of drug-likeness (QED) is 0.806. The second kappa shape index (κ2) is 6.67. The molecule has 0 atom stereocenters. The molecule has 1 aliphatic carbocycles. The van der Waals surface area contributed by atoms with E-state index in [1.54, 1.807) is 0 Å². The summed E-state index contributed by atoms with van der Waals surface area (Å²) in [5.74, 6) is 0.547. The maximum absolute atomic E-state index is 12.5. The Morgan fingerprint density at radius 1 is 0.905 bits per heavy atom. The fraction of sp³-hybridized carbons (Fsp3) is 0.875. The van der Waals surface area contributed by atoms with Gasteiger partial charge in [0, 0.05) is 37.6 Å². The summed E-state index contributed by atoms with van der Waals surface area (Å²) in [5.41, 5.74) is -0.220. The van der Waals surface area contributed by atoms with Crippen molar-refractivity contribution < 1.29 is 9.59 Å². The van der Waals surface area contributed by atoms with Gasteiger partial charge in [-0.3, -0.25) is 4.79 Å². The molecule has 2 rings (SSSR count). The Bertz CT molecular complexity index is 383. The van der Waals surface area contributed by atoms with Crippen LogP contribution in [0.1, 0.15) is 52.9 Å². The second-order valence-corrected chi connectivity index (χ2v) is 7.33. The number of carbonyl (C=O) groups is 2. The first-order valence-electron chi connectivity index (χ1n) is 8.23. The first-order chi connectivity index (χ1) is 9.87. The van der Waals surface area contributed by atoms with Crippen molar-refractivity contribution in [2.24, 2.45) is 5.92 Å². The molecule has 0 radical (unpaired) electrons. The summed E-state index contributed by atoms with van der Waals surface area (Å²) in [7, 11) is 0. The van der Waals surface area contributed by atoms with Crippen molar-refractivity contribution in [2.45, 2.75) is 58.4 Å². The largest absolute Gasteiger partial charge is 0.341 e. The lowest BCUT2D eigenvalue weighted by Gasteiger charge is -2.28. The summed E-state index contributed by atoms with van der Waals surface area (Å²) in [6, 6.07) is -0.0161. The van der Waals surface area contributed by atoms with Crippen molar-refractivity contribution in [1.82, 2.24) is 15.1 Å². The van der Waals surface area contributed by atoms with E-state index in [4.69, 9.17) is 0 Å². The summed E-state index contributed by atoms with van der Waals surface area (Å²) in [6.07, 6.45) is 5.33. The van der Waals surface area contributed by atoms with Gasteiger partial charge in [0.1, 0.15) is 0 Å². The topological polar surface area (TPSA) is 52.7 Å². The summed E-state index contributed by atoms with van der Waals surface area (Å²) in [4.78, 5) is 28.5. The van der Waals surface area contributed by atoms with E-state index < -0.39 is 0 Å². The minimum absolute atomic E-state index is 0.0161. The summed E-state index contributed by atoms with van der Waals surface area (Å²) in [5, 5.41) is 3.00. The Morgan fingerprint density at radius 3 is 2.10 bits per heavy atom. The van der Waals surface area contributed by atoms with Crippen LogP contribution in [0.4, 0.5) is 4.79 Å². The number of nitrogens with one attached hydrogen (secondary N) is 1. The van der Waals surface area contributed by atoms with Crippen LogP contribution in [-0.4, -0.2) is 53.5 Å². The van der Waals surface area contributed by atoms with Crippen molar-refractivity contribution in [2.75, 3.05) is 26.2 Å². The number of nitrogens with zero attached hydrogens (tertiary/aromatic N) is 2. The van der Waals surface area contributed by atoms with Gasteiger partial charge in [0.25, 0.3) is 0 Å². The monoisotopic (exact) mass is 295 g/mol. The zero-order chi connectivity index (χ0) is 15.5. The number of carbonyl (C=O) groups excluding carboxylic acids is 2. The highest BCUT2D eigenvalue weighted by atomic mass is 16.2. The maximum atomic E-state index is 12.5. The highest BCUT2D eigenvalue weighted by molar-refractivity contribution is 5.79. The Kier molecular flexibility index (Phi) is 5.12. The Morgan fingerprint density at radius 2 is 1.48 bits per heavy atom. The summed E-state index contributed by atoms with van der Waals surface area (Å²) >= 11 is 0. The van der Waals surface area contributed by atoms with Gasteiger partial charge in [-0.05, 0) is 40.0 Å². The third-order valence-electron chi connectivity index (χ3n) is 4.28. The molecule has 2 fully saturated rings. The third kappa shape index (κ3) is 4.61. The molecule has 0 spiro atoms. The lowest BCUT2D eigenvalue weighted by Crippen LogP contribution is -2.49. The first kappa shape index (κ1) is 16.1. The maximum Gasteiger partial charge on any atom is 0.317 e. The lowest BCUT2D eigenvalue weighted by atomic mass is 10.1. The molecule has 2 aliphatic rings. The molecule has 1 saturated heterocycles. The van der Waals surface area contributed by atoms with E-state index in [9.17, 15) is 9.59 Å². The SMILES string of the molecule is CC(C)(C)NC(=O)N1CCCN(C(=O)C2CCCC2)CC1. The van der Waals surface area contributed by atoms with Gasteiger partial charge >= 0.3 is 6.03 Å². The van der Waals surface area contributed by atoms with E-state index >= 15 is 0 Å². The number of hydrogen-bond donors (Lipinski definition) is 1. The van der Waals surface area contributed by atoms with Gasteiger partial charge in [0.15, 0.2) is 0 Å². The van der Waals surface area contributed by atoms with Crippen LogP contribution in [0.3, 0.4) is 0 Å². The molecule has 5 nitrogen and oxygen atoms in total. The molecule has 1 saturated carbocycles. The predicted molar refractivity (Wildman–Crippen MR) is 83.0 cm³/mol. The summed E-state index contributed by atoms with van der Waals surface area (Å²) in [6.45, 7) is 8.79. The molecule has 0 bridgehead atoms. The summed E-state index contributed by atoms with van der Waals surface area (Å²) < 4.78 is 0. The zero-order valence-electron chi connectivity index (χ0n) is 13.7. The lowest BCUT2D eigenvalue weighted by molar-refractivity contribution is -0.135. The molecular weight excluding hydrogens is 266 g/mol. The van der Waals surface area contributed by atoms with Gasteiger partial charge in [0.2, 0.25) is 5.91 Å². The minimum atomic E-state index is -0.220. The van der Waals surface area contributed by atoms with Crippen molar-refractivity contribution >= 4 is 11.9 Å². The van der Waals surface area contributed by atoms with E-state index in [1.807, 2.05) is 30.6 Å². The molecule has 0 aromatic heterocycles. The minimum Gasteiger partial charge on any atom is -0.341 e. The highest BCUT2D eigenvalue weighted by Crippen LogP contribution is 2.26. The Hall–Kier alpha value is -1.26. The van der Waals surface area contributed by atoms with Gasteiger partial charge in [-0.1, -0.05) is 12.8 Å². The van der Waals surface area contributed by atoms with E-state index in [2.05, 4.69) is 5.32 Å². The molecule has 1 heterocycles. The number of hydrogen-bond acceptors (Lipinski definition) is 2. The molecule has 5 heteroatoms. The van der Waals surface area contributed by atoms with Crippen LogP contribution in [0.5, 0.6) is 0 Å². The molecule has 0 aromatic rings. The Labute approximate surface area is 128 Å². The molecular formula is C16H29N3O2. The second-order valence-electron chi connectivity index (χ2n) is 7.33. The molecule has 3 amide bonds. The fourth-order valence-corrected chi connectivity index (χ4v) is 3.17. The molecule has 1 aliphatic heterocycles. The number of amides is 3. The van der Waals surface area contributed by atoms with Gasteiger partial charge < -0.3 is 15.1 Å². The average molecular weight is 295 g/mol. The molecule has 21 heavy (non-hydrogen) atoms. The first-order valence-corrected chi connectivity index (χ1v) is 8.23. The van der Waals surface area contributed by atoms with Crippen LogP contribution in [-0.2, 0) is 4.79 Å². The normalized spacial score (nSPS) is 21.3. The molecule has 1 N–H and O–H groups in total. The predicted octanol–water partition coefficient (Wildman–Crippen LogP) is 2.22. The van der Waals surface area contributed by atoms with Crippen LogP contribution in [0.2, 0.25) is 0 Å². The van der Waals surface area contributed by atoms with Crippen molar-refractivity contribution in [3.05, 3.63) is 0 Å². The highest BCUT2D eigenvalue weighted by Gasteiger charge is 2.29. The smallest absolute Gasteiger partial charge is 0.317 e. The van der Waals surface area contributed by atoms with E-state index in [0.717, 1.165) is 32.4 Å². The van der Waals surface area contributed by atoms with Crippen molar-refractivity contribution in [1.29, 1.82) is 0 Å². The van der Waals surface area contributed by atoms with E-state index in [0.29, 0.717) is 19.0 Å². The van der Waals surface area contributed by atoms with E-state index in [1.165, 1.54) is 12.8 Å². The van der Waals surface area contributed by atoms with Crippen LogP contribution >= 0.6 is 0 Å². The van der Waals surface area contributed by atoms with Gasteiger partial charge in [0.05, 0.1) is 0 Å². The fourth-order valence-electron chi connectivity index (χ4n) is 3.17. The standard InChI is InChI=1S/C16H29N3O2/c1-16(2,3)17-15(21)19-10-6-9-18(11-12-19)14(20)13-7-4-5-8-13/h13H,4-12H2,1-3H3,(H,17,21). The van der Waals surface area contributed by atoms with Crippen molar-refractivity contribution in [3.8, 4) is 0 Å². The van der Waals surface area contributed by atoms with Crippen LogP contribution in [0.15, 0.2) is 0 Å². The zero-order valence-corrected chi connectivity index (χ0v) is 13.7. The molecule has 0 aromatic carbocycles. The number of urea groups is 1. The molecule has 0 unspecified atom stereocenters. The van der Waals surface area contributed by atoms with E-state index in [-0.39, 0.29) is 17.5 Å². The van der Waals surface area contributed by atoms with Gasteiger partial charge in [-0.15, -0.1) is 0 Å². The van der Waals surface area contributed by atoms with Gasteiger partial charge in [-0.2, -0.15) is 0 Å². The van der Waals surface area contributed by atoms with Crippen LogP contribution < -0.4 is 5.32 Å².